The summed E-state index contributed by atoms with van der Waals surface area (Å²) in [6, 6.07) is 8.12. The van der Waals surface area contributed by atoms with Crippen molar-refractivity contribution >= 4 is 23.2 Å². The van der Waals surface area contributed by atoms with Gasteiger partial charge in [0.05, 0.1) is 13.1 Å². The summed E-state index contributed by atoms with van der Waals surface area (Å²) in [5.41, 5.74) is -0.483. The van der Waals surface area contributed by atoms with Gasteiger partial charge >= 0.3 is 0 Å². The topological polar surface area (TPSA) is 83.3 Å². The predicted molar refractivity (Wildman–Crippen MR) is 113 cm³/mol. The zero-order valence-electron chi connectivity index (χ0n) is 17.0. The number of nitrogens with one attached hydrogen (secondary N) is 1. The van der Waals surface area contributed by atoms with Crippen LogP contribution in [0.5, 0.6) is 0 Å². The lowest BCUT2D eigenvalue weighted by Gasteiger charge is -2.33. The molecule has 0 fully saturated rings. The van der Waals surface area contributed by atoms with E-state index in [1.165, 1.54) is 28.3 Å². The Bertz CT molecular complexity index is 1060. The Balaban J connectivity index is 1.75. The standard InChI is InChI=1S/C21H22ClF2N5O2/c1-14-3-5-16(8-18(14)22)27-20(30)9-28(2)10-21(31,11-29-13-25-12-26-29)17-6-4-15(23)7-19(17)24/h3-8,12-13,31H,9-11H2,1-2H3,(H,27,30). The number of carbonyl (C=O) groups excluding carboxylic acids is 1. The molecule has 2 N–H and O–H groups in total. The molecule has 0 saturated carbocycles. The lowest BCUT2D eigenvalue weighted by Crippen LogP contribution is -2.45. The molecule has 7 nitrogen and oxygen atoms in total. The third-order valence-electron chi connectivity index (χ3n) is 4.72. The van der Waals surface area contributed by atoms with Crippen LogP contribution < -0.4 is 5.32 Å². The van der Waals surface area contributed by atoms with Gasteiger partial charge in [0.1, 0.15) is 29.9 Å². The molecule has 3 aromatic rings. The van der Waals surface area contributed by atoms with Gasteiger partial charge < -0.3 is 10.4 Å². The minimum atomic E-state index is -1.80. The zero-order valence-corrected chi connectivity index (χ0v) is 17.8. The molecule has 1 atom stereocenters. The van der Waals surface area contributed by atoms with Crippen LogP contribution in [0.15, 0.2) is 49.1 Å². The van der Waals surface area contributed by atoms with Gasteiger partial charge in [-0.15, -0.1) is 0 Å². The summed E-state index contributed by atoms with van der Waals surface area (Å²) in [5.74, 6) is -1.99. The fourth-order valence-electron chi connectivity index (χ4n) is 3.29. The first-order valence-electron chi connectivity index (χ1n) is 9.41. The highest BCUT2D eigenvalue weighted by Crippen LogP contribution is 2.27. The molecule has 0 aliphatic heterocycles. The van der Waals surface area contributed by atoms with Crippen molar-refractivity contribution in [1.82, 2.24) is 19.7 Å². The summed E-state index contributed by atoms with van der Waals surface area (Å²) >= 11 is 6.08. The number of benzene rings is 2. The van der Waals surface area contributed by atoms with Gasteiger partial charge in [-0.3, -0.25) is 9.69 Å². The van der Waals surface area contributed by atoms with E-state index in [9.17, 15) is 18.7 Å². The number of halogens is 3. The molecule has 3 rings (SSSR count). The quantitative estimate of drug-likeness (QED) is 0.552. The average molecular weight is 450 g/mol. The number of aryl methyl sites for hydroxylation is 1. The van der Waals surface area contributed by atoms with E-state index < -0.39 is 17.2 Å². The molecule has 31 heavy (non-hydrogen) atoms. The minimum absolute atomic E-state index is 0.0893. The summed E-state index contributed by atoms with van der Waals surface area (Å²) in [4.78, 5) is 17.8. The third-order valence-corrected chi connectivity index (χ3v) is 5.13. The molecule has 1 heterocycles. The van der Waals surface area contributed by atoms with Gasteiger partial charge in [0, 0.05) is 28.9 Å². The molecule has 0 aliphatic rings. The maximum atomic E-state index is 14.5. The van der Waals surface area contributed by atoms with Crippen LogP contribution in [-0.4, -0.2) is 50.8 Å². The second kappa shape index (κ2) is 9.51. The van der Waals surface area contributed by atoms with Gasteiger partial charge in [0.25, 0.3) is 0 Å². The maximum Gasteiger partial charge on any atom is 0.238 e. The van der Waals surface area contributed by atoms with Crippen LogP contribution in [-0.2, 0) is 16.9 Å². The number of hydrogen-bond acceptors (Lipinski definition) is 5. The number of nitrogens with zero attached hydrogens (tertiary/aromatic N) is 4. The van der Waals surface area contributed by atoms with Crippen LogP contribution in [0.3, 0.4) is 0 Å². The largest absolute Gasteiger partial charge is 0.382 e. The van der Waals surface area contributed by atoms with Crippen molar-refractivity contribution in [2.75, 3.05) is 25.5 Å². The minimum Gasteiger partial charge on any atom is -0.382 e. The number of hydrogen-bond donors (Lipinski definition) is 2. The number of aromatic nitrogens is 3. The Hall–Kier alpha value is -2.88. The SMILES string of the molecule is Cc1ccc(NC(=O)CN(C)CC(O)(Cn2cncn2)c2ccc(F)cc2F)cc1Cl. The van der Waals surface area contributed by atoms with E-state index in [1.54, 1.807) is 25.2 Å². The van der Waals surface area contributed by atoms with Crippen LogP contribution in [0.2, 0.25) is 5.02 Å². The molecule has 164 valence electrons. The van der Waals surface area contributed by atoms with Gasteiger partial charge in [-0.25, -0.2) is 18.4 Å². The van der Waals surface area contributed by atoms with Crippen molar-refractivity contribution in [1.29, 1.82) is 0 Å². The molecule has 0 aliphatic carbocycles. The fourth-order valence-corrected chi connectivity index (χ4v) is 3.47. The first-order valence-corrected chi connectivity index (χ1v) is 9.79. The first kappa shape index (κ1) is 22.8. The summed E-state index contributed by atoms with van der Waals surface area (Å²) in [7, 11) is 1.61. The number of rotatable bonds is 8. The van der Waals surface area contributed by atoms with E-state index in [0.29, 0.717) is 16.8 Å². The van der Waals surface area contributed by atoms with E-state index in [0.717, 1.165) is 11.6 Å². The number of likely N-dealkylation sites (N-methyl/N-ethyl adjacent to an activating group) is 1. The van der Waals surface area contributed by atoms with E-state index in [2.05, 4.69) is 15.4 Å². The van der Waals surface area contributed by atoms with Gasteiger partial charge in [0.2, 0.25) is 5.91 Å². The molecule has 0 saturated heterocycles. The Kier molecular flexibility index (Phi) is 6.99. The maximum absolute atomic E-state index is 14.5. The monoisotopic (exact) mass is 449 g/mol. The van der Waals surface area contributed by atoms with Crippen LogP contribution in [0.1, 0.15) is 11.1 Å². The van der Waals surface area contributed by atoms with Crippen molar-refractivity contribution in [2.45, 2.75) is 19.1 Å². The van der Waals surface area contributed by atoms with Crippen LogP contribution in [0.25, 0.3) is 0 Å². The molecule has 10 heteroatoms. The van der Waals surface area contributed by atoms with Crippen molar-refractivity contribution in [3.8, 4) is 0 Å². The molecule has 1 amide bonds. The molecule has 2 aromatic carbocycles. The van der Waals surface area contributed by atoms with Gasteiger partial charge in [-0.05, 0) is 37.7 Å². The summed E-state index contributed by atoms with van der Waals surface area (Å²) in [6.07, 6.45) is 2.66. The van der Waals surface area contributed by atoms with Gasteiger partial charge in [0.15, 0.2) is 0 Å². The predicted octanol–water partition coefficient (Wildman–Crippen LogP) is 2.98. The molecule has 0 bridgehead atoms. The van der Waals surface area contributed by atoms with Crippen molar-refractivity contribution < 1.29 is 18.7 Å². The molecular weight excluding hydrogens is 428 g/mol. The molecule has 0 radical (unpaired) electrons. The Morgan fingerprint density at radius 2 is 2.06 bits per heavy atom. The lowest BCUT2D eigenvalue weighted by molar-refractivity contribution is -0.118. The number of anilines is 1. The highest BCUT2D eigenvalue weighted by atomic mass is 35.5. The smallest absolute Gasteiger partial charge is 0.238 e. The highest BCUT2D eigenvalue weighted by molar-refractivity contribution is 6.31. The molecule has 1 aromatic heterocycles. The van der Waals surface area contributed by atoms with Crippen molar-refractivity contribution in [3.63, 3.8) is 0 Å². The van der Waals surface area contributed by atoms with Crippen LogP contribution in [0.4, 0.5) is 14.5 Å². The normalized spacial score (nSPS) is 13.3. The molecule has 1 unspecified atom stereocenters. The molecular formula is C21H22ClF2N5O2. The first-order chi connectivity index (χ1) is 14.7. The third kappa shape index (κ3) is 5.84. The fraction of sp³-hybridized carbons (Fsp3) is 0.286. The summed E-state index contributed by atoms with van der Waals surface area (Å²) in [6.45, 7) is 1.49. The van der Waals surface area contributed by atoms with Gasteiger partial charge in [-0.2, -0.15) is 5.10 Å². The number of aliphatic hydroxyl groups is 1. The van der Waals surface area contributed by atoms with Crippen molar-refractivity contribution in [3.05, 3.63) is 76.8 Å². The summed E-state index contributed by atoms with van der Waals surface area (Å²) in [5, 5.41) is 18.5. The number of amides is 1. The molecule has 0 spiro atoms. The average Bonchev–Trinajstić information content (AvgIpc) is 3.16. The number of carbonyl (C=O) groups is 1. The Morgan fingerprint density at radius 3 is 2.71 bits per heavy atom. The second-order valence-electron chi connectivity index (χ2n) is 7.43. The Labute approximate surface area is 183 Å². The van der Waals surface area contributed by atoms with E-state index in [-0.39, 0.29) is 31.1 Å². The Morgan fingerprint density at radius 1 is 1.29 bits per heavy atom. The van der Waals surface area contributed by atoms with Crippen LogP contribution >= 0.6 is 11.6 Å². The zero-order chi connectivity index (χ0) is 22.6. The van der Waals surface area contributed by atoms with E-state index in [4.69, 9.17) is 11.6 Å². The second-order valence-corrected chi connectivity index (χ2v) is 7.84. The van der Waals surface area contributed by atoms with Crippen LogP contribution in [0, 0.1) is 18.6 Å². The van der Waals surface area contributed by atoms with E-state index in [1.807, 2.05) is 6.92 Å². The highest BCUT2D eigenvalue weighted by Gasteiger charge is 2.35. The summed E-state index contributed by atoms with van der Waals surface area (Å²) < 4.78 is 29.2. The van der Waals surface area contributed by atoms with E-state index >= 15 is 0 Å². The lowest BCUT2D eigenvalue weighted by atomic mass is 9.92. The van der Waals surface area contributed by atoms with Gasteiger partial charge in [-0.1, -0.05) is 23.7 Å². The van der Waals surface area contributed by atoms with Crippen molar-refractivity contribution in [2.24, 2.45) is 0 Å².